The number of furan rings is 1. The smallest absolute Gasteiger partial charge is 0.287 e. The van der Waals surface area contributed by atoms with Crippen LogP contribution in [-0.2, 0) is 12.8 Å². The van der Waals surface area contributed by atoms with Crippen LogP contribution in [0.3, 0.4) is 0 Å². The lowest BCUT2D eigenvalue weighted by atomic mass is 9.76. The molecule has 0 spiro atoms. The standard InChI is InChI=1S/C24H26N2O3S/c1-14-5-7-16(8-6-14)23-26-17(13-30-23)9-10-25-22(28)21-15(2)20-18(27)11-24(3,4)12-19(20)29-21/h5-8,13H,9-12H2,1-4H3,(H,25,28). The minimum absolute atomic E-state index is 0.0626. The summed E-state index contributed by atoms with van der Waals surface area (Å²) in [6.07, 6.45) is 1.79. The van der Waals surface area contributed by atoms with Crippen molar-refractivity contribution in [1.82, 2.24) is 10.3 Å². The molecule has 2 heterocycles. The van der Waals surface area contributed by atoms with E-state index in [4.69, 9.17) is 4.42 Å². The molecule has 4 rings (SSSR count). The van der Waals surface area contributed by atoms with Gasteiger partial charge in [-0.2, -0.15) is 0 Å². The van der Waals surface area contributed by atoms with Gasteiger partial charge in [0.2, 0.25) is 0 Å². The third-order valence-electron chi connectivity index (χ3n) is 5.50. The van der Waals surface area contributed by atoms with Gasteiger partial charge in [-0.05, 0) is 19.3 Å². The van der Waals surface area contributed by atoms with Crippen molar-refractivity contribution in [2.45, 2.75) is 47.0 Å². The zero-order valence-electron chi connectivity index (χ0n) is 17.8. The normalized spacial score (nSPS) is 15.1. The van der Waals surface area contributed by atoms with Crippen LogP contribution in [0.2, 0.25) is 0 Å². The van der Waals surface area contributed by atoms with Gasteiger partial charge in [0.05, 0.1) is 11.3 Å². The number of aromatic nitrogens is 1. The van der Waals surface area contributed by atoms with Crippen LogP contribution in [0.15, 0.2) is 34.1 Å². The molecule has 30 heavy (non-hydrogen) atoms. The molecule has 0 fully saturated rings. The molecule has 0 radical (unpaired) electrons. The van der Waals surface area contributed by atoms with Gasteiger partial charge in [-0.25, -0.2) is 4.98 Å². The maximum absolute atomic E-state index is 12.7. The summed E-state index contributed by atoms with van der Waals surface area (Å²) in [5.74, 6) is 0.681. The van der Waals surface area contributed by atoms with Gasteiger partial charge >= 0.3 is 0 Å². The summed E-state index contributed by atoms with van der Waals surface area (Å²) in [7, 11) is 0. The zero-order valence-corrected chi connectivity index (χ0v) is 18.6. The van der Waals surface area contributed by atoms with Gasteiger partial charge in [-0.1, -0.05) is 43.7 Å². The molecule has 3 aromatic rings. The lowest BCUT2D eigenvalue weighted by Crippen LogP contribution is -2.26. The van der Waals surface area contributed by atoms with E-state index in [1.54, 1.807) is 18.3 Å². The van der Waals surface area contributed by atoms with Crippen LogP contribution in [0.4, 0.5) is 0 Å². The molecule has 0 saturated carbocycles. The number of rotatable bonds is 5. The predicted molar refractivity (Wildman–Crippen MR) is 118 cm³/mol. The fraction of sp³-hybridized carbons (Fsp3) is 0.375. The number of nitrogens with zero attached hydrogens (tertiary/aromatic N) is 1. The molecule has 0 saturated heterocycles. The van der Waals surface area contributed by atoms with E-state index in [0.29, 0.717) is 42.7 Å². The largest absolute Gasteiger partial charge is 0.455 e. The summed E-state index contributed by atoms with van der Waals surface area (Å²) in [6, 6.07) is 8.30. The minimum Gasteiger partial charge on any atom is -0.455 e. The van der Waals surface area contributed by atoms with Crippen molar-refractivity contribution >= 4 is 23.0 Å². The summed E-state index contributed by atoms with van der Waals surface area (Å²) in [6.45, 7) is 8.41. The molecule has 2 aromatic heterocycles. The molecule has 1 amide bonds. The quantitative estimate of drug-likeness (QED) is 0.617. The summed E-state index contributed by atoms with van der Waals surface area (Å²) in [4.78, 5) is 29.8. The van der Waals surface area contributed by atoms with Gasteiger partial charge in [0.15, 0.2) is 11.5 Å². The van der Waals surface area contributed by atoms with E-state index in [2.05, 4.69) is 41.5 Å². The van der Waals surface area contributed by atoms with Crippen LogP contribution in [0, 0.1) is 19.3 Å². The van der Waals surface area contributed by atoms with Crippen LogP contribution in [0.25, 0.3) is 10.6 Å². The van der Waals surface area contributed by atoms with Crippen LogP contribution >= 0.6 is 11.3 Å². The highest BCUT2D eigenvalue weighted by molar-refractivity contribution is 7.13. The summed E-state index contributed by atoms with van der Waals surface area (Å²) in [5.41, 5.74) is 4.38. The van der Waals surface area contributed by atoms with Crippen LogP contribution < -0.4 is 5.32 Å². The second-order valence-corrected chi connectivity index (χ2v) is 9.67. The van der Waals surface area contributed by atoms with E-state index in [-0.39, 0.29) is 22.9 Å². The number of hydrogen-bond donors (Lipinski definition) is 1. The molecule has 0 atom stereocenters. The maximum atomic E-state index is 12.7. The van der Waals surface area contributed by atoms with E-state index in [1.165, 1.54) is 5.56 Å². The number of benzene rings is 1. The number of hydrogen-bond acceptors (Lipinski definition) is 5. The SMILES string of the molecule is Cc1ccc(-c2nc(CCNC(=O)c3oc4c(c3C)C(=O)CC(C)(C)C4)cs2)cc1. The van der Waals surface area contributed by atoms with E-state index in [0.717, 1.165) is 16.3 Å². The van der Waals surface area contributed by atoms with Crippen LogP contribution in [0.1, 0.15) is 63.8 Å². The summed E-state index contributed by atoms with van der Waals surface area (Å²) >= 11 is 1.60. The van der Waals surface area contributed by atoms with Crippen molar-refractivity contribution in [3.63, 3.8) is 0 Å². The number of carbonyl (C=O) groups is 2. The van der Waals surface area contributed by atoms with Crippen LogP contribution in [-0.4, -0.2) is 23.2 Å². The third-order valence-corrected chi connectivity index (χ3v) is 6.44. The fourth-order valence-electron chi connectivity index (χ4n) is 3.93. The van der Waals surface area contributed by atoms with Gasteiger partial charge in [0.1, 0.15) is 10.8 Å². The highest BCUT2D eigenvalue weighted by Gasteiger charge is 2.36. The molecule has 5 nitrogen and oxygen atoms in total. The first-order valence-electron chi connectivity index (χ1n) is 10.2. The van der Waals surface area contributed by atoms with Crippen molar-refractivity contribution in [1.29, 1.82) is 0 Å². The molecule has 156 valence electrons. The molecule has 1 aromatic carbocycles. The van der Waals surface area contributed by atoms with E-state index in [1.807, 2.05) is 19.2 Å². The number of Topliss-reactive ketones (excluding diaryl/α,β-unsaturated/α-hetero) is 1. The Morgan fingerprint density at radius 2 is 1.93 bits per heavy atom. The molecule has 1 aliphatic carbocycles. The van der Waals surface area contributed by atoms with Crippen molar-refractivity contribution in [2.75, 3.05) is 6.54 Å². The van der Waals surface area contributed by atoms with E-state index in [9.17, 15) is 9.59 Å². The summed E-state index contributed by atoms with van der Waals surface area (Å²) < 4.78 is 5.83. The first kappa shape index (κ1) is 20.5. The second-order valence-electron chi connectivity index (χ2n) is 8.81. The lowest BCUT2D eigenvalue weighted by molar-refractivity contribution is 0.0889. The number of amides is 1. The Kier molecular flexibility index (Phi) is 5.36. The number of nitrogens with one attached hydrogen (secondary N) is 1. The second kappa shape index (κ2) is 7.84. The van der Waals surface area contributed by atoms with Crippen molar-refractivity contribution in [2.24, 2.45) is 5.41 Å². The molecule has 0 unspecified atom stereocenters. The number of fused-ring (bicyclic) bond motifs is 1. The lowest BCUT2D eigenvalue weighted by Gasteiger charge is -2.27. The molecule has 0 aliphatic heterocycles. The molecular weight excluding hydrogens is 396 g/mol. The highest BCUT2D eigenvalue weighted by atomic mass is 32.1. The number of ketones is 1. The summed E-state index contributed by atoms with van der Waals surface area (Å²) in [5, 5.41) is 5.92. The number of aryl methyl sites for hydroxylation is 1. The van der Waals surface area contributed by atoms with Crippen molar-refractivity contribution in [3.05, 3.63) is 63.6 Å². The zero-order chi connectivity index (χ0) is 21.5. The molecule has 6 heteroatoms. The van der Waals surface area contributed by atoms with Gasteiger partial charge in [0, 0.05) is 42.3 Å². The van der Waals surface area contributed by atoms with Gasteiger partial charge in [0.25, 0.3) is 5.91 Å². The topological polar surface area (TPSA) is 72.2 Å². The monoisotopic (exact) mass is 422 g/mol. The van der Waals surface area contributed by atoms with Gasteiger partial charge in [-0.3, -0.25) is 9.59 Å². The Labute approximate surface area is 180 Å². The van der Waals surface area contributed by atoms with Crippen LogP contribution in [0.5, 0.6) is 0 Å². The van der Waals surface area contributed by atoms with E-state index < -0.39 is 0 Å². The average molecular weight is 423 g/mol. The Balaban J connectivity index is 1.39. The van der Waals surface area contributed by atoms with E-state index >= 15 is 0 Å². The molecular formula is C24H26N2O3S. The predicted octanol–water partition coefficient (Wildman–Crippen LogP) is 5.15. The van der Waals surface area contributed by atoms with Crippen molar-refractivity contribution < 1.29 is 14.0 Å². The first-order valence-corrected chi connectivity index (χ1v) is 11.1. The molecule has 1 aliphatic rings. The van der Waals surface area contributed by atoms with Gasteiger partial charge in [-0.15, -0.1) is 11.3 Å². The Morgan fingerprint density at radius 3 is 2.67 bits per heavy atom. The Morgan fingerprint density at radius 1 is 1.20 bits per heavy atom. The number of carbonyl (C=O) groups excluding carboxylic acids is 2. The highest BCUT2D eigenvalue weighted by Crippen LogP contribution is 2.38. The number of thiazole rings is 1. The minimum atomic E-state index is -0.276. The maximum Gasteiger partial charge on any atom is 0.287 e. The Bertz CT molecular complexity index is 1110. The Hall–Kier alpha value is -2.73. The molecule has 1 N–H and O–H groups in total. The van der Waals surface area contributed by atoms with Gasteiger partial charge < -0.3 is 9.73 Å². The average Bonchev–Trinajstić information content (AvgIpc) is 3.26. The molecule has 0 bridgehead atoms. The van der Waals surface area contributed by atoms with Crippen molar-refractivity contribution in [3.8, 4) is 10.6 Å². The third kappa shape index (κ3) is 4.10. The fourth-order valence-corrected chi connectivity index (χ4v) is 4.79. The first-order chi connectivity index (χ1) is 14.2.